The highest BCUT2D eigenvalue weighted by molar-refractivity contribution is 9.10. The van der Waals surface area contributed by atoms with E-state index in [9.17, 15) is 4.39 Å². The molecule has 2 rings (SSSR count). The van der Waals surface area contributed by atoms with Gasteiger partial charge in [0.1, 0.15) is 5.82 Å². The second kappa shape index (κ2) is 5.17. The monoisotopic (exact) mass is 315 g/mol. The van der Waals surface area contributed by atoms with Gasteiger partial charge in [-0.05, 0) is 47.5 Å². The third-order valence-electron chi connectivity index (χ3n) is 3.81. The molecule has 1 N–H and O–H groups in total. The predicted octanol–water partition coefficient (Wildman–Crippen LogP) is 4.20. The van der Waals surface area contributed by atoms with Crippen molar-refractivity contribution in [2.24, 2.45) is 5.41 Å². The van der Waals surface area contributed by atoms with Gasteiger partial charge >= 0.3 is 0 Å². The summed E-state index contributed by atoms with van der Waals surface area (Å²) >= 11 is 3.16. The number of anilines is 1. The van der Waals surface area contributed by atoms with Crippen LogP contribution < -0.4 is 5.32 Å². The maximum atomic E-state index is 13.4. The zero-order valence-corrected chi connectivity index (χ0v) is 12.6. The van der Waals surface area contributed by atoms with Crippen molar-refractivity contribution < 1.29 is 9.13 Å². The second-order valence-corrected chi connectivity index (χ2v) is 6.18. The van der Waals surface area contributed by atoms with Crippen LogP contribution in [0.25, 0.3) is 0 Å². The smallest absolute Gasteiger partial charge is 0.139 e. The van der Waals surface area contributed by atoms with E-state index in [0.29, 0.717) is 16.6 Å². The van der Waals surface area contributed by atoms with Gasteiger partial charge in [-0.3, -0.25) is 0 Å². The van der Waals surface area contributed by atoms with E-state index < -0.39 is 0 Å². The third-order valence-corrected chi connectivity index (χ3v) is 4.45. The van der Waals surface area contributed by atoms with E-state index >= 15 is 0 Å². The third kappa shape index (κ3) is 2.54. The lowest BCUT2D eigenvalue weighted by Crippen LogP contribution is -2.58. The van der Waals surface area contributed by atoms with Crippen LogP contribution in [0.4, 0.5) is 10.1 Å². The molecule has 0 spiro atoms. The highest BCUT2D eigenvalue weighted by Gasteiger charge is 2.48. The Kier molecular flexibility index (Phi) is 3.97. The van der Waals surface area contributed by atoms with Gasteiger partial charge in [0.05, 0.1) is 10.6 Å². The molecule has 0 heterocycles. The van der Waals surface area contributed by atoms with Gasteiger partial charge in [-0.15, -0.1) is 0 Å². The normalized spacial score (nSPS) is 25.6. The van der Waals surface area contributed by atoms with Crippen LogP contribution in [0.15, 0.2) is 22.7 Å². The Labute approximate surface area is 116 Å². The first kappa shape index (κ1) is 13.8. The van der Waals surface area contributed by atoms with Gasteiger partial charge in [-0.25, -0.2) is 4.39 Å². The van der Waals surface area contributed by atoms with Gasteiger partial charge in [0.25, 0.3) is 0 Å². The number of nitrogens with one attached hydrogen (secondary N) is 1. The summed E-state index contributed by atoms with van der Waals surface area (Å²) in [7, 11) is 0. The average Bonchev–Trinajstić information content (AvgIpc) is 2.32. The van der Waals surface area contributed by atoms with Gasteiger partial charge in [0.15, 0.2) is 0 Å². The number of hydrogen-bond donors (Lipinski definition) is 1. The van der Waals surface area contributed by atoms with E-state index in [4.69, 9.17) is 4.74 Å². The maximum absolute atomic E-state index is 13.4. The van der Waals surface area contributed by atoms with Crippen molar-refractivity contribution in [3.63, 3.8) is 0 Å². The lowest BCUT2D eigenvalue weighted by Gasteiger charge is -2.52. The second-order valence-electron chi connectivity index (χ2n) is 5.33. The van der Waals surface area contributed by atoms with Gasteiger partial charge < -0.3 is 10.1 Å². The lowest BCUT2D eigenvalue weighted by atomic mass is 9.64. The Hall–Kier alpha value is -0.610. The molecule has 0 bridgehead atoms. The standard InChI is InChI=1S/C14H19BrFNO/c1-4-18-13-8-12(14(13,2)3)17-9-5-6-10(15)11(16)7-9/h5-7,12-13,17H,4,8H2,1-3H3. The zero-order chi connectivity index (χ0) is 13.3. The number of hydrogen-bond acceptors (Lipinski definition) is 2. The van der Waals surface area contributed by atoms with Crippen LogP contribution in [-0.4, -0.2) is 18.8 Å². The van der Waals surface area contributed by atoms with Crippen molar-refractivity contribution in [3.05, 3.63) is 28.5 Å². The van der Waals surface area contributed by atoms with E-state index in [1.165, 1.54) is 6.07 Å². The van der Waals surface area contributed by atoms with Crippen molar-refractivity contribution >= 4 is 21.6 Å². The van der Waals surface area contributed by atoms with E-state index in [1.807, 2.05) is 13.0 Å². The van der Waals surface area contributed by atoms with Gasteiger partial charge in [0, 0.05) is 23.8 Å². The summed E-state index contributed by atoms with van der Waals surface area (Å²) in [6.07, 6.45) is 1.26. The Morgan fingerprint density at radius 2 is 2.22 bits per heavy atom. The van der Waals surface area contributed by atoms with E-state index in [0.717, 1.165) is 18.7 Å². The molecule has 0 saturated heterocycles. The highest BCUT2D eigenvalue weighted by Crippen LogP contribution is 2.44. The molecular formula is C14H19BrFNO. The fraction of sp³-hybridized carbons (Fsp3) is 0.571. The van der Waals surface area contributed by atoms with Crippen molar-refractivity contribution in [2.75, 3.05) is 11.9 Å². The van der Waals surface area contributed by atoms with Crippen molar-refractivity contribution in [1.29, 1.82) is 0 Å². The molecule has 1 aliphatic rings. The van der Waals surface area contributed by atoms with Crippen LogP contribution in [0.5, 0.6) is 0 Å². The Morgan fingerprint density at radius 3 is 2.78 bits per heavy atom. The van der Waals surface area contributed by atoms with Crippen molar-refractivity contribution in [2.45, 2.75) is 39.3 Å². The first-order valence-corrected chi connectivity index (χ1v) is 7.07. The van der Waals surface area contributed by atoms with E-state index in [1.54, 1.807) is 6.07 Å². The number of rotatable bonds is 4. The number of benzene rings is 1. The predicted molar refractivity (Wildman–Crippen MR) is 75.3 cm³/mol. The summed E-state index contributed by atoms with van der Waals surface area (Å²) < 4.78 is 19.6. The van der Waals surface area contributed by atoms with Crippen LogP contribution >= 0.6 is 15.9 Å². The summed E-state index contributed by atoms with van der Waals surface area (Å²) in [4.78, 5) is 0. The highest BCUT2D eigenvalue weighted by atomic mass is 79.9. The zero-order valence-electron chi connectivity index (χ0n) is 11.0. The molecule has 1 aromatic carbocycles. The van der Waals surface area contributed by atoms with Crippen LogP contribution in [0.2, 0.25) is 0 Å². The Balaban J connectivity index is 2.01. The Morgan fingerprint density at radius 1 is 1.50 bits per heavy atom. The molecule has 1 aromatic rings. The maximum Gasteiger partial charge on any atom is 0.139 e. The minimum atomic E-state index is -0.238. The molecule has 100 valence electrons. The first-order chi connectivity index (χ1) is 8.45. The average molecular weight is 316 g/mol. The molecule has 0 aromatic heterocycles. The van der Waals surface area contributed by atoms with Crippen molar-refractivity contribution in [1.82, 2.24) is 0 Å². The molecule has 2 nitrogen and oxygen atoms in total. The number of halogens is 2. The molecule has 0 amide bonds. The topological polar surface area (TPSA) is 21.3 Å². The first-order valence-electron chi connectivity index (χ1n) is 6.28. The molecule has 4 heteroatoms. The lowest BCUT2D eigenvalue weighted by molar-refractivity contribution is -0.0976. The molecule has 1 aliphatic carbocycles. The van der Waals surface area contributed by atoms with E-state index in [2.05, 4.69) is 35.1 Å². The van der Waals surface area contributed by atoms with Crippen LogP contribution in [0.1, 0.15) is 27.2 Å². The van der Waals surface area contributed by atoms with Gasteiger partial charge in [-0.1, -0.05) is 13.8 Å². The minimum absolute atomic E-state index is 0.0829. The molecule has 2 unspecified atom stereocenters. The summed E-state index contributed by atoms with van der Waals surface area (Å²) in [5.41, 5.74) is 0.906. The summed E-state index contributed by atoms with van der Waals surface area (Å²) in [5.74, 6) is -0.238. The SMILES string of the molecule is CCOC1CC(Nc2ccc(Br)c(F)c2)C1(C)C. The molecule has 18 heavy (non-hydrogen) atoms. The van der Waals surface area contributed by atoms with Crippen LogP contribution in [0.3, 0.4) is 0 Å². The van der Waals surface area contributed by atoms with E-state index in [-0.39, 0.29) is 11.2 Å². The molecule has 0 aliphatic heterocycles. The van der Waals surface area contributed by atoms with Crippen LogP contribution in [-0.2, 0) is 4.74 Å². The fourth-order valence-electron chi connectivity index (χ4n) is 2.40. The Bertz CT molecular complexity index is 436. The molecule has 2 atom stereocenters. The molecule has 0 radical (unpaired) electrons. The molecule has 1 fully saturated rings. The van der Waals surface area contributed by atoms with Gasteiger partial charge in [0.2, 0.25) is 0 Å². The quantitative estimate of drug-likeness (QED) is 0.899. The molecular weight excluding hydrogens is 297 g/mol. The summed E-state index contributed by atoms with van der Waals surface area (Å²) in [6, 6.07) is 5.46. The largest absolute Gasteiger partial charge is 0.381 e. The van der Waals surface area contributed by atoms with Gasteiger partial charge in [-0.2, -0.15) is 0 Å². The summed E-state index contributed by atoms with van der Waals surface area (Å²) in [5, 5.41) is 3.38. The summed E-state index contributed by atoms with van der Waals surface area (Å²) in [6.45, 7) is 7.13. The van der Waals surface area contributed by atoms with Crippen LogP contribution in [0, 0.1) is 11.2 Å². The minimum Gasteiger partial charge on any atom is -0.381 e. The fourth-order valence-corrected chi connectivity index (χ4v) is 2.65. The molecule has 1 saturated carbocycles. The number of ether oxygens (including phenoxy) is 1. The van der Waals surface area contributed by atoms with Crippen molar-refractivity contribution in [3.8, 4) is 0 Å².